The van der Waals surface area contributed by atoms with Crippen molar-refractivity contribution >= 4 is 28.9 Å². The zero-order valence-corrected chi connectivity index (χ0v) is 16.0. The zero-order chi connectivity index (χ0) is 19.4. The van der Waals surface area contributed by atoms with Crippen LogP contribution in [-0.2, 0) is 14.3 Å². The summed E-state index contributed by atoms with van der Waals surface area (Å²) in [5.74, 6) is -1.10. The van der Waals surface area contributed by atoms with Crippen LogP contribution in [0.3, 0.4) is 0 Å². The van der Waals surface area contributed by atoms with Crippen LogP contribution in [0.4, 0.5) is 0 Å². The van der Waals surface area contributed by atoms with Crippen molar-refractivity contribution in [3.63, 3.8) is 0 Å². The fourth-order valence-corrected chi connectivity index (χ4v) is 3.54. The van der Waals surface area contributed by atoms with E-state index in [4.69, 9.17) is 21.1 Å². The summed E-state index contributed by atoms with van der Waals surface area (Å²) >= 11 is 6.00. The topological polar surface area (TPSA) is 52.6 Å². The van der Waals surface area contributed by atoms with E-state index in [0.717, 1.165) is 22.4 Å². The van der Waals surface area contributed by atoms with E-state index in [1.165, 1.54) is 0 Å². The first-order chi connectivity index (χ1) is 13.0. The van der Waals surface area contributed by atoms with E-state index in [2.05, 4.69) is 0 Å². The molecule has 2 aromatic rings. The largest absolute Gasteiger partial charge is 0.497 e. The predicted molar refractivity (Wildman–Crippen MR) is 105 cm³/mol. The molecular weight excluding hydrogens is 364 g/mol. The van der Waals surface area contributed by atoms with Crippen molar-refractivity contribution in [2.24, 2.45) is 5.92 Å². The molecule has 0 heterocycles. The zero-order valence-electron chi connectivity index (χ0n) is 15.3. The van der Waals surface area contributed by atoms with Crippen LogP contribution < -0.4 is 4.74 Å². The smallest absolute Gasteiger partial charge is 0.317 e. The summed E-state index contributed by atoms with van der Waals surface area (Å²) in [6, 6.07) is 14.8. The van der Waals surface area contributed by atoms with Crippen LogP contribution in [0.2, 0.25) is 5.02 Å². The first-order valence-electron chi connectivity index (χ1n) is 8.84. The summed E-state index contributed by atoms with van der Waals surface area (Å²) in [6.45, 7) is 1.98. The lowest BCUT2D eigenvalue weighted by Crippen LogP contribution is -2.34. The highest BCUT2D eigenvalue weighted by Crippen LogP contribution is 2.40. The Hall–Kier alpha value is -2.59. The number of carbonyl (C=O) groups is 2. The third kappa shape index (κ3) is 4.22. The molecule has 0 saturated heterocycles. The second-order valence-electron chi connectivity index (χ2n) is 6.39. The van der Waals surface area contributed by atoms with Gasteiger partial charge in [-0.2, -0.15) is 0 Å². The van der Waals surface area contributed by atoms with Crippen molar-refractivity contribution in [1.29, 1.82) is 0 Å². The lowest BCUT2D eigenvalue weighted by molar-refractivity contribution is -0.151. The Morgan fingerprint density at radius 1 is 1.11 bits per heavy atom. The highest BCUT2D eigenvalue weighted by molar-refractivity contribution is 6.30. The van der Waals surface area contributed by atoms with Crippen LogP contribution in [-0.4, -0.2) is 25.5 Å². The lowest BCUT2D eigenvalue weighted by atomic mass is 9.73. The van der Waals surface area contributed by atoms with Crippen molar-refractivity contribution in [1.82, 2.24) is 0 Å². The first-order valence-corrected chi connectivity index (χ1v) is 9.22. The van der Waals surface area contributed by atoms with Gasteiger partial charge in [0.05, 0.1) is 13.7 Å². The number of allylic oxidation sites excluding steroid dienone is 2. The van der Waals surface area contributed by atoms with Gasteiger partial charge in [-0.3, -0.25) is 9.59 Å². The van der Waals surface area contributed by atoms with Crippen LogP contribution in [0.15, 0.2) is 54.6 Å². The van der Waals surface area contributed by atoms with E-state index in [0.29, 0.717) is 11.4 Å². The maximum Gasteiger partial charge on any atom is 0.317 e. The van der Waals surface area contributed by atoms with Crippen molar-refractivity contribution in [3.05, 3.63) is 70.8 Å². The van der Waals surface area contributed by atoms with E-state index in [-0.39, 0.29) is 18.3 Å². The third-order valence-corrected chi connectivity index (χ3v) is 5.02. The van der Waals surface area contributed by atoms with Gasteiger partial charge in [0.25, 0.3) is 0 Å². The molecule has 0 saturated carbocycles. The Morgan fingerprint density at radius 2 is 1.78 bits per heavy atom. The fraction of sp³-hybridized carbons (Fsp3) is 0.273. The Morgan fingerprint density at radius 3 is 2.37 bits per heavy atom. The molecule has 0 N–H and O–H groups in total. The highest BCUT2D eigenvalue weighted by atomic mass is 35.5. The maximum atomic E-state index is 12.8. The summed E-state index contributed by atoms with van der Waals surface area (Å²) in [5, 5.41) is 0.611. The number of halogens is 1. The average molecular weight is 385 g/mol. The number of ketones is 1. The molecule has 0 amide bonds. The van der Waals surface area contributed by atoms with Gasteiger partial charge in [-0.1, -0.05) is 35.9 Å². The second-order valence-corrected chi connectivity index (χ2v) is 6.83. The summed E-state index contributed by atoms with van der Waals surface area (Å²) in [7, 11) is 1.61. The monoisotopic (exact) mass is 384 g/mol. The number of benzene rings is 2. The molecule has 2 aromatic carbocycles. The van der Waals surface area contributed by atoms with Gasteiger partial charge in [0.15, 0.2) is 5.78 Å². The number of rotatable bonds is 5. The van der Waals surface area contributed by atoms with Crippen LogP contribution in [0, 0.1) is 5.92 Å². The normalized spacial score (nSPS) is 19.4. The van der Waals surface area contributed by atoms with Gasteiger partial charge >= 0.3 is 5.97 Å². The molecule has 1 aliphatic carbocycles. The summed E-state index contributed by atoms with van der Waals surface area (Å²) < 4.78 is 10.4. The minimum absolute atomic E-state index is 0.231. The molecule has 0 unspecified atom stereocenters. The van der Waals surface area contributed by atoms with Crippen LogP contribution in [0.1, 0.15) is 30.4 Å². The fourth-order valence-electron chi connectivity index (χ4n) is 3.41. The Kier molecular flexibility index (Phi) is 5.97. The maximum absolute atomic E-state index is 12.8. The van der Waals surface area contributed by atoms with Gasteiger partial charge in [0.2, 0.25) is 0 Å². The predicted octanol–water partition coefficient (Wildman–Crippen LogP) is 4.67. The molecule has 140 valence electrons. The number of hydrogen-bond donors (Lipinski definition) is 0. The molecule has 0 aliphatic heterocycles. The van der Waals surface area contributed by atoms with Gasteiger partial charge in [0, 0.05) is 10.9 Å². The number of carbonyl (C=O) groups excluding carboxylic acids is 2. The molecule has 0 aromatic heterocycles. The van der Waals surface area contributed by atoms with E-state index in [9.17, 15) is 9.59 Å². The summed E-state index contributed by atoms with van der Waals surface area (Å²) in [5.41, 5.74) is 2.72. The molecule has 0 spiro atoms. The minimum Gasteiger partial charge on any atom is -0.497 e. The van der Waals surface area contributed by atoms with Crippen molar-refractivity contribution < 1.29 is 19.1 Å². The van der Waals surface area contributed by atoms with Crippen LogP contribution in [0.25, 0.3) is 5.57 Å². The molecule has 2 atom stereocenters. The van der Waals surface area contributed by atoms with Gasteiger partial charge < -0.3 is 9.47 Å². The van der Waals surface area contributed by atoms with E-state index in [1.807, 2.05) is 36.4 Å². The van der Waals surface area contributed by atoms with Crippen molar-refractivity contribution in [2.45, 2.75) is 19.3 Å². The Labute approximate surface area is 163 Å². The van der Waals surface area contributed by atoms with Crippen LogP contribution in [0.5, 0.6) is 5.75 Å². The van der Waals surface area contributed by atoms with Gasteiger partial charge in [-0.25, -0.2) is 0 Å². The quantitative estimate of drug-likeness (QED) is 0.555. The first kappa shape index (κ1) is 19.2. The van der Waals surface area contributed by atoms with E-state index >= 15 is 0 Å². The molecule has 3 rings (SSSR count). The van der Waals surface area contributed by atoms with Crippen LogP contribution >= 0.6 is 11.6 Å². The lowest BCUT2D eigenvalue weighted by Gasteiger charge is -2.29. The number of esters is 1. The molecule has 0 fully saturated rings. The Balaban J connectivity index is 1.99. The minimum atomic E-state index is -0.840. The number of methoxy groups -OCH3 is 1. The molecule has 4 nitrogen and oxygen atoms in total. The number of ether oxygens (including phenoxy) is 2. The highest BCUT2D eigenvalue weighted by Gasteiger charge is 2.39. The second kappa shape index (κ2) is 8.40. The SMILES string of the molecule is CCOC(=O)[C@@H]1C(=O)C=C(c2ccc(OC)cc2)C[C@H]1c1ccc(Cl)cc1. The van der Waals surface area contributed by atoms with E-state index in [1.54, 1.807) is 32.2 Å². The molecular formula is C22H21ClO4. The molecule has 1 aliphatic rings. The number of hydrogen-bond acceptors (Lipinski definition) is 4. The Bertz CT molecular complexity index is 853. The molecule has 0 radical (unpaired) electrons. The molecule has 27 heavy (non-hydrogen) atoms. The average Bonchev–Trinajstić information content (AvgIpc) is 2.68. The van der Waals surface area contributed by atoms with E-state index < -0.39 is 11.9 Å². The standard InChI is InChI=1S/C22H21ClO4/c1-3-27-22(25)21-19(15-4-8-17(23)9-5-15)12-16(13-20(21)24)14-6-10-18(26-2)11-7-14/h4-11,13,19,21H,3,12H2,1-2H3/t19-,21-/m0/s1. The van der Waals surface area contributed by atoms with Gasteiger partial charge in [-0.15, -0.1) is 0 Å². The summed E-state index contributed by atoms with van der Waals surface area (Å²) in [4.78, 5) is 25.3. The van der Waals surface area contributed by atoms with Crippen molar-refractivity contribution in [2.75, 3.05) is 13.7 Å². The van der Waals surface area contributed by atoms with Crippen molar-refractivity contribution in [3.8, 4) is 5.75 Å². The van der Waals surface area contributed by atoms with Gasteiger partial charge in [0.1, 0.15) is 11.7 Å². The van der Waals surface area contributed by atoms with Gasteiger partial charge in [-0.05, 0) is 60.4 Å². The molecule has 0 bridgehead atoms. The summed E-state index contributed by atoms with van der Waals surface area (Å²) in [6.07, 6.45) is 2.12. The third-order valence-electron chi connectivity index (χ3n) is 4.76. The molecule has 5 heteroatoms.